The molecule has 0 aliphatic carbocycles. The molecule has 0 saturated carbocycles. The van der Waals surface area contributed by atoms with Crippen molar-refractivity contribution < 1.29 is 13.5 Å². The van der Waals surface area contributed by atoms with E-state index in [-0.39, 0.29) is 18.7 Å². The second-order valence-electron chi connectivity index (χ2n) is 7.58. The summed E-state index contributed by atoms with van der Waals surface area (Å²) >= 11 is 0. The largest absolute Gasteiger partial charge is 0.462 e. The van der Waals surface area contributed by atoms with Crippen LogP contribution in [0.1, 0.15) is 6.42 Å². The molecule has 2 fully saturated rings. The molecule has 7 nitrogen and oxygen atoms in total. The maximum atomic E-state index is 14.3. The number of nitrogens with one attached hydrogen (secondary N) is 1. The number of likely N-dealkylation sites (N-methyl/N-ethyl adjacent to an activating group) is 1. The van der Waals surface area contributed by atoms with Gasteiger partial charge >= 0.3 is 6.01 Å². The molecule has 1 N–H and O–H groups in total. The first kappa shape index (κ1) is 19.7. The van der Waals surface area contributed by atoms with Crippen LogP contribution in [-0.4, -0.2) is 79.1 Å². The summed E-state index contributed by atoms with van der Waals surface area (Å²) in [5.74, 6) is 0.554. The fourth-order valence-electron chi connectivity index (χ4n) is 4.04. The molecule has 0 spiro atoms. The van der Waals surface area contributed by atoms with E-state index in [0.29, 0.717) is 43.9 Å². The van der Waals surface area contributed by atoms with Crippen molar-refractivity contribution in [1.82, 2.24) is 20.2 Å². The van der Waals surface area contributed by atoms with Crippen molar-refractivity contribution in [3.05, 3.63) is 24.3 Å². The van der Waals surface area contributed by atoms with E-state index in [9.17, 15) is 8.78 Å². The summed E-state index contributed by atoms with van der Waals surface area (Å²) in [6, 6.07) is 8.67. The molecule has 1 aromatic heterocycles. The van der Waals surface area contributed by atoms with Gasteiger partial charge in [-0.25, -0.2) is 8.78 Å². The van der Waals surface area contributed by atoms with Gasteiger partial charge in [0.05, 0.1) is 11.6 Å². The summed E-state index contributed by atoms with van der Waals surface area (Å²) in [5, 5.41) is 13.0. The number of benzene rings is 1. The average Bonchev–Trinajstić information content (AvgIpc) is 3.08. The van der Waals surface area contributed by atoms with Crippen molar-refractivity contribution in [2.45, 2.75) is 30.8 Å². The van der Waals surface area contributed by atoms with E-state index in [1.807, 2.05) is 41.1 Å². The maximum absolute atomic E-state index is 14.3. The molecule has 9 heteroatoms. The molecule has 1 aromatic carbocycles. The monoisotopic (exact) mass is 402 g/mol. The fourth-order valence-corrected chi connectivity index (χ4v) is 4.04. The Labute approximate surface area is 168 Å². The van der Waals surface area contributed by atoms with E-state index in [0.717, 1.165) is 5.39 Å². The lowest BCUT2D eigenvalue weighted by molar-refractivity contribution is 0.188. The van der Waals surface area contributed by atoms with E-state index >= 15 is 0 Å². The summed E-state index contributed by atoms with van der Waals surface area (Å²) in [6.07, 6.45) is -2.08. The summed E-state index contributed by atoms with van der Waals surface area (Å²) in [7, 11) is 1.87. The van der Waals surface area contributed by atoms with E-state index in [4.69, 9.17) is 10.00 Å². The summed E-state index contributed by atoms with van der Waals surface area (Å²) in [6.45, 7) is 2.21. The van der Waals surface area contributed by atoms with Crippen LogP contribution >= 0.6 is 0 Å². The number of anilines is 1. The zero-order valence-electron chi connectivity index (χ0n) is 16.3. The number of halogens is 2. The molecule has 2 saturated heterocycles. The first-order chi connectivity index (χ1) is 14.1. The maximum Gasteiger partial charge on any atom is 0.319 e. The highest BCUT2D eigenvalue weighted by Crippen LogP contribution is 2.29. The zero-order valence-corrected chi connectivity index (χ0v) is 16.3. The third kappa shape index (κ3) is 4.09. The number of fused-ring (bicyclic) bond motifs is 1. The van der Waals surface area contributed by atoms with Gasteiger partial charge in [0.1, 0.15) is 24.7 Å². The molecule has 3 heterocycles. The number of alkyl halides is 2. The smallest absolute Gasteiger partial charge is 0.319 e. The Morgan fingerprint density at radius 1 is 1.38 bits per heavy atom. The molecule has 0 amide bonds. The Morgan fingerprint density at radius 2 is 2.21 bits per heavy atom. The Kier molecular flexibility index (Phi) is 5.74. The summed E-state index contributed by atoms with van der Waals surface area (Å²) in [5.41, 5.74) is 0.681. The molecule has 2 unspecified atom stereocenters. The number of nitrogens with zero attached hydrogens (tertiary/aromatic N) is 5. The lowest BCUT2D eigenvalue weighted by Gasteiger charge is -2.37. The molecule has 2 aliphatic heterocycles. The molecule has 4 rings (SSSR count). The van der Waals surface area contributed by atoms with Gasteiger partial charge in [0.25, 0.3) is 0 Å². The molecule has 0 radical (unpaired) electrons. The number of hydrogen-bond donors (Lipinski definition) is 1. The van der Waals surface area contributed by atoms with E-state index in [1.54, 1.807) is 6.07 Å². The molecule has 154 valence electrons. The van der Waals surface area contributed by atoms with Gasteiger partial charge in [-0.05, 0) is 25.6 Å². The number of hydrogen-bond acceptors (Lipinski definition) is 7. The minimum atomic E-state index is -1.64. The highest BCUT2D eigenvalue weighted by molar-refractivity contribution is 5.90. The predicted octanol–water partition coefficient (Wildman–Crippen LogP) is 1.69. The Hall–Kier alpha value is -2.57. The van der Waals surface area contributed by atoms with Crippen LogP contribution in [0.2, 0.25) is 0 Å². The molecule has 0 bridgehead atoms. The van der Waals surface area contributed by atoms with Crippen molar-refractivity contribution in [3.8, 4) is 12.1 Å². The first-order valence-electron chi connectivity index (χ1n) is 9.81. The average molecular weight is 402 g/mol. The van der Waals surface area contributed by atoms with Crippen molar-refractivity contribution >= 4 is 16.7 Å². The van der Waals surface area contributed by atoms with Gasteiger partial charge in [-0.1, -0.05) is 12.1 Å². The molecule has 2 aliphatic rings. The summed E-state index contributed by atoms with van der Waals surface area (Å²) < 4.78 is 33.8. The van der Waals surface area contributed by atoms with Crippen LogP contribution in [0.4, 0.5) is 14.6 Å². The lowest BCUT2D eigenvalue weighted by Crippen LogP contribution is -2.55. The number of likely N-dealkylation sites (tertiary alicyclic amines) is 1. The Bertz CT molecular complexity index is 906. The number of para-hydroxylation sites is 1. The predicted molar refractivity (Wildman–Crippen MR) is 105 cm³/mol. The number of ether oxygens (including phenoxy) is 1. The van der Waals surface area contributed by atoms with Crippen LogP contribution in [-0.2, 0) is 0 Å². The normalized spacial score (nSPS) is 26.4. The highest BCUT2D eigenvalue weighted by atomic mass is 19.1. The van der Waals surface area contributed by atoms with Crippen molar-refractivity contribution in [3.63, 3.8) is 0 Å². The van der Waals surface area contributed by atoms with Gasteiger partial charge in [-0.15, -0.1) is 0 Å². The fraction of sp³-hybridized carbons (Fsp3) is 0.550. The molecule has 4 atom stereocenters. The molecule has 29 heavy (non-hydrogen) atoms. The third-order valence-electron chi connectivity index (χ3n) is 5.62. The first-order valence-corrected chi connectivity index (χ1v) is 9.81. The number of nitriles is 1. The van der Waals surface area contributed by atoms with Gasteiger partial charge in [0, 0.05) is 37.6 Å². The van der Waals surface area contributed by atoms with Crippen LogP contribution in [0.15, 0.2) is 24.3 Å². The van der Waals surface area contributed by atoms with Gasteiger partial charge < -0.3 is 15.0 Å². The third-order valence-corrected chi connectivity index (χ3v) is 5.62. The second-order valence-corrected chi connectivity index (χ2v) is 7.58. The number of aromatic nitrogens is 2. The Morgan fingerprint density at radius 3 is 2.97 bits per heavy atom. The van der Waals surface area contributed by atoms with Gasteiger partial charge in [-0.3, -0.25) is 4.90 Å². The quantitative estimate of drug-likeness (QED) is 0.816. The highest BCUT2D eigenvalue weighted by Gasteiger charge is 2.33. The minimum absolute atomic E-state index is 0.0377. The SMILES string of the molecule is CN1C[C@H](F)C[C@H]1COc1nc(N2CCNCC2C(F)C#N)c2ccccc2n1. The van der Waals surface area contributed by atoms with Crippen LogP contribution < -0.4 is 15.0 Å². The van der Waals surface area contributed by atoms with Crippen LogP contribution in [0.3, 0.4) is 0 Å². The Balaban J connectivity index is 1.65. The van der Waals surface area contributed by atoms with E-state index in [2.05, 4.69) is 15.3 Å². The van der Waals surface area contributed by atoms with Gasteiger partial charge in [-0.2, -0.15) is 15.2 Å². The second kappa shape index (κ2) is 8.43. The lowest BCUT2D eigenvalue weighted by atomic mass is 10.1. The molecule has 2 aromatic rings. The van der Waals surface area contributed by atoms with Crippen LogP contribution in [0, 0.1) is 11.3 Å². The number of piperazine rings is 1. The number of rotatable bonds is 5. The van der Waals surface area contributed by atoms with Gasteiger partial charge in [0.2, 0.25) is 6.17 Å². The van der Waals surface area contributed by atoms with Crippen molar-refractivity contribution in [2.24, 2.45) is 0 Å². The topological polar surface area (TPSA) is 77.3 Å². The van der Waals surface area contributed by atoms with Crippen molar-refractivity contribution in [2.75, 3.05) is 44.7 Å². The van der Waals surface area contributed by atoms with E-state index in [1.165, 1.54) is 0 Å². The van der Waals surface area contributed by atoms with E-state index < -0.39 is 18.4 Å². The van der Waals surface area contributed by atoms with Crippen LogP contribution in [0.25, 0.3) is 10.9 Å². The molecular weight excluding hydrogens is 378 g/mol. The van der Waals surface area contributed by atoms with Crippen LogP contribution in [0.5, 0.6) is 6.01 Å². The molecular formula is C20H24F2N6O. The zero-order chi connectivity index (χ0) is 20.4. The van der Waals surface area contributed by atoms with Gasteiger partial charge in [0.15, 0.2) is 0 Å². The summed E-state index contributed by atoms with van der Waals surface area (Å²) in [4.78, 5) is 12.8. The standard InChI is InChI=1S/C20H24F2N6O/c1-27-11-13(21)8-14(27)12-29-20-25-17-5-3-2-4-15(17)19(26-20)28-7-6-24-10-18(28)16(22)9-23/h2-5,13-14,16,18,24H,6-8,10-12H2,1H3/t13-,14+,16?,18?/m1/s1. The van der Waals surface area contributed by atoms with Crippen molar-refractivity contribution in [1.29, 1.82) is 5.26 Å². The minimum Gasteiger partial charge on any atom is -0.462 e.